The molecular formula is C10H12BF3O3S. The van der Waals surface area contributed by atoms with E-state index in [4.69, 9.17) is 10.0 Å². The van der Waals surface area contributed by atoms with Crippen molar-refractivity contribution < 1.29 is 28.0 Å². The molecule has 1 rings (SSSR count). The van der Waals surface area contributed by atoms with Crippen molar-refractivity contribution >= 4 is 25.2 Å². The number of halogens is 3. The van der Waals surface area contributed by atoms with Crippen molar-refractivity contribution in [3.8, 4) is 5.75 Å². The molecule has 1 aromatic carbocycles. The summed E-state index contributed by atoms with van der Waals surface area (Å²) in [4.78, 5) is 0. The van der Waals surface area contributed by atoms with E-state index in [-0.39, 0.29) is 10.7 Å². The van der Waals surface area contributed by atoms with Gasteiger partial charge in [0.25, 0.3) is 0 Å². The molecule has 2 N–H and O–H groups in total. The zero-order valence-corrected chi connectivity index (χ0v) is 10.4. The van der Waals surface area contributed by atoms with Crippen LogP contribution in [0.2, 0.25) is 0 Å². The van der Waals surface area contributed by atoms with Crippen LogP contribution in [0.4, 0.5) is 13.2 Å². The molecule has 3 nitrogen and oxygen atoms in total. The van der Waals surface area contributed by atoms with Crippen LogP contribution in [0.15, 0.2) is 18.2 Å². The molecule has 100 valence electrons. The van der Waals surface area contributed by atoms with Gasteiger partial charge >= 0.3 is 13.5 Å². The van der Waals surface area contributed by atoms with Crippen molar-refractivity contribution in [2.24, 2.45) is 0 Å². The Morgan fingerprint density at radius 1 is 1.39 bits per heavy atom. The van der Waals surface area contributed by atoms with Crippen molar-refractivity contribution in [1.82, 2.24) is 0 Å². The largest absolute Gasteiger partial charge is 0.573 e. The highest BCUT2D eigenvalue weighted by Gasteiger charge is 2.31. The molecule has 0 aliphatic rings. The molecule has 1 atom stereocenters. The van der Waals surface area contributed by atoms with Crippen molar-refractivity contribution in [3.05, 3.63) is 23.8 Å². The van der Waals surface area contributed by atoms with Crippen LogP contribution in [-0.4, -0.2) is 28.8 Å². The van der Waals surface area contributed by atoms with Gasteiger partial charge in [-0.3, -0.25) is 0 Å². The fourth-order valence-corrected chi connectivity index (χ4v) is 1.72. The van der Waals surface area contributed by atoms with Crippen LogP contribution in [0.1, 0.15) is 12.5 Å². The number of benzene rings is 1. The Balaban J connectivity index is 3.05. The van der Waals surface area contributed by atoms with Crippen LogP contribution >= 0.6 is 12.6 Å². The molecule has 0 aliphatic heterocycles. The van der Waals surface area contributed by atoms with E-state index >= 15 is 0 Å². The molecule has 0 spiro atoms. The standard InChI is InChI=1S/C10H12BF3O3S/c1-6(18)4-7-5-8(17-10(12,13)14)2-3-9(7)11(15)16/h2-3,5-6,15-16,18H,4H2,1H3. The molecule has 0 fully saturated rings. The second kappa shape index (κ2) is 5.86. The highest BCUT2D eigenvalue weighted by atomic mass is 32.1. The minimum Gasteiger partial charge on any atom is -0.423 e. The Morgan fingerprint density at radius 3 is 2.44 bits per heavy atom. The number of hydrogen-bond acceptors (Lipinski definition) is 4. The van der Waals surface area contributed by atoms with E-state index in [1.54, 1.807) is 6.92 Å². The summed E-state index contributed by atoms with van der Waals surface area (Å²) in [5.41, 5.74) is 0.500. The number of rotatable bonds is 4. The second-order valence-corrected chi connectivity index (χ2v) is 4.72. The first-order valence-corrected chi connectivity index (χ1v) is 5.63. The van der Waals surface area contributed by atoms with Gasteiger partial charge in [0.1, 0.15) is 5.75 Å². The summed E-state index contributed by atoms with van der Waals surface area (Å²) in [5.74, 6) is -0.393. The van der Waals surface area contributed by atoms with Gasteiger partial charge < -0.3 is 14.8 Å². The molecule has 0 aliphatic carbocycles. The molecule has 0 heterocycles. The third-order valence-electron chi connectivity index (χ3n) is 2.14. The Kier molecular flexibility index (Phi) is 4.95. The highest BCUT2D eigenvalue weighted by molar-refractivity contribution is 7.80. The van der Waals surface area contributed by atoms with Crippen LogP contribution in [0.25, 0.3) is 0 Å². The topological polar surface area (TPSA) is 49.7 Å². The van der Waals surface area contributed by atoms with Gasteiger partial charge in [0.05, 0.1) is 0 Å². The first-order chi connectivity index (χ1) is 8.19. The van der Waals surface area contributed by atoms with Gasteiger partial charge in [-0.1, -0.05) is 13.0 Å². The molecule has 18 heavy (non-hydrogen) atoms. The maximum Gasteiger partial charge on any atom is 0.573 e. The van der Waals surface area contributed by atoms with E-state index < -0.39 is 19.2 Å². The van der Waals surface area contributed by atoms with Crippen LogP contribution in [0.3, 0.4) is 0 Å². The molecule has 0 bridgehead atoms. The summed E-state index contributed by atoms with van der Waals surface area (Å²) in [5, 5.41) is 18.1. The predicted molar refractivity (Wildman–Crippen MR) is 65.1 cm³/mol. The van der Waals surface area contributed by atoms with Gasteiger partial charge in [0.2, 0.25) is 0 Å². The number of thiol groups is 1. The molecule has 0 aromatic heterocycles. The van der Waals surface area contributed by atoms with Crippen molar-refractivity contribution in [2.75, 3.05) is 0 Å². The minimum absolute atomic E-state index is 0.136. The van der Waals surface area contributed by atoms with E-state index in [1.165, 1.54) is 6.07 Å². The lowest BCUT2D eigenvalue weighted by atomic mass is 9.76. The van der Waals surface area contributed by atoms with Crippen LogP contribution in [0.5, 0.6) is 5.75 Å². The fourth-order valence-electron chi connectivity index (χ4n) is 1.53. The van der Waals surface area contributed by atoms with E-state index in [1.807, 2.05) is 0 Å². The molecular weight excluding hydrogens is 268 g/mol. The zero-order valence-electron chi connectivity index (χ0n) is 9.48. The summed E-state index contributed by atoms with van der Waals surface area (Å²) in [6, 6.07) is 3.36. The Hall–Kier alpha value is -0.855. The van der Waals surface area contributed by atoms with E-state index in [0.29, 0.717) is 12.0 Å². The predicted octanol–water partition coefficient (Wildman–Crippen LogP) is 1.13. The summed E-state index contributed by atoms with van der Waals surface area (Å²) >= 11 is 4.12. The SMILES string of the molecule is CC(S)Cc1cc(OC(F)(F)F)ccc1B(O)O. The lowest BCUT2D eigenvalue weighted by Gasteiger charge is -2.14. The van der Waals surface area contributed by atoms with Crippen LogP contribution in [0, 0.1) is 0 Å². The van der Waals surface area contributed by atoms with Gasteiger partial charge in [0, 0.05) is 5.25 Å². The monoisotopic (exact) mass is 280 g/mol. The van der Waals surface area contributed by atoms with Gasteiger partial charge in [-0.15, -0.1) is 13.2 Å². The summed E-state index contributed by atoms with van der Waals surface area (Å²) in [6.07, 6.45) is -4.48. The average Bonchev–Trinajstić information content (AvgIpc) is 2.13. The molecule has 0 radical (unpaired) electrons. The first kappa shape index (κ1) is 15.2. The number of ether oxygens (including phenoxy) is 1. The normalized spacial score (nSPS) is 13.3. The lowest BCUT2D eigenvalue weighted by molar-refractivity contribution is -0.274. The van der Waals surface area contributed by atoms with Gasteiger partial charge in [-0.25, -0.2) is 0 Å². The molecule has 1 unspecified atom stereocenters. The second-order valence-electron chi connectivity index (χ2n) is 3.84. The van der Waals surface area contributed by atoms with Crippen LogP contribution in [-0.2, 0) is 6.42 Å². The maximum atomic E-state index is 12.1. The maximum absolute atomic E-state index is 12.1. The molecule has 8 heteroatoms. The van der Waals surface area contributed by atoms with Crippen molar-refractivity contribution in [2.45, 2.75) is 25.0 Å². The quantitative estimate of drug-likeness (QED) is 0.572. The molecule has 0 saturated carbocycles. The van der Waals surface area contributed by atoms with Gasteiger partial charge in [-0.05, 0) is 29.6 Å². The Morgan fingerprint density at radius 2 is 2.00 bits per heavy atom. The summed E-state index contributed by atoms with van der Waals surface area (Å²) in [6.45, 7) is 1.74. The fraction of sp³-hybridized carbons (Fsp3) is 0.400. The highest BCUT2D eigenvalue weighted by Crippen LogP contribution is 2.23. The van der Waals surface area contributed by atoms with Crippen LogP contribution < -0.4 is 10.2 Å². The first-order valence-electron chi connectivity index (χ1n) is 5.12. The Bertz CT molecular complexity index is 410. The summed E-state index contributed by atoms with van der Waals surface area (Å²) < 4.78 is 39.9. The zero-order chi connectivity index (χ0) is 13.9. The lowest BCUT2D eigenvalue weighted by Crippen LogP contribution is -2.34. The third kappa shape index (κ3) is 4.79. The minimum atomic E-state index is -4.77. The molecule has 1 aromatic rings. The molecule has 0 amide bonds. The van der Waals surface area contributed by atoms with E-state index in [2.05, 4.69) is 17.4 Å². The van der Waals surface area contributed by atoms with Crippen molar-refractivity contribution in [3.63, 3.8) is 0 Å². The number of hydrogen-bond donors (Lipinski definition) is 3. The van der Waals surface area contributed by atoms with Crippen molar-refractivity contribution in [1.29, 1.82) is 0 Å². The molecule has 0 saturated heterocycles. The Labute approximate surface area is 108 Å². The third-order valence-corrected chi connectivity index (χ3v) is 2.32. The van der Waals surface area contributed by atoms with Gasteiger partial charge in [-0.2, -0.15) is 12.6 Å². The smallest absolute Gasteiger partial charge is 0.423 e. The van der Waals surface area contributed by atoms with E-state index in [0.717, 1.165) is 12.1 Å². The van der Waals surface area contributed by atoms with Gasteiger partial charge in [0.15, 0.2) is 0 Å². The summed E-state index contributed by atoms with van der Waals surface area (Å²) in [7, 11) is -1.74. The number of alkyl halides is 3. The van der Waals surface area contributed by atoms with E-state index in [9.17, 15) is 13.2 Å². The average molecular weight is 280 g/mol.